The molecule has 1 aliphatic heterocycles. The van der Waals surface area contributed by atoms with Crippen LogP contribution in [0, 0.1) is 5.92 Å². The molecule has 2 aliphatic rings. The highest BCUT2D eigenvalue weighted by molar-refractivity contribution is 5.85. The van der Waals surface area contributed by atoms with Gasteiger partial charge < -0.3 is 15.3 Å². The summed E-state index contributed by atoms with van der Waals surface area (Å²) in [5.41, 5.74) is 2.26. The van der Waals surface area contributed by atoms with Crippen molar-refractivity contribution in [2.75, 3.05) is 44.2 Å². The maximum atomic E-state index is 10.7. The summed E-state index contributed by atoms with van der Waals surface area (Å²) in [4.78, 5) is 4.86. The van der Waals surface area contributed by atoms with E-state index in [1.165, 1.54) is 19.3 Å². The Morgan fingerprint density at radius 2 is 1.80 bits per heavy atom. The number of phenolic OH excluding ortho intramolecular Hbond substituents is 1. The van der Waals surface area contributed by atoms with Crippen LogP contribution in [0.25, 0.3) is 0 Å². The van der Waals surface area contributed by atoms with Gasteiger partial charge in [0.2, 0.25) is 0 Å². The predicted molar refractivity (Wildman–Crippen MR) is 111 cm³/mol. The van der Waals surface area contributed by atoms with Crippen LogP contribution in [0.1, 0.15) is 44.7 Å². The molecular weight excluding hydrogens is 357 g/mol. The molecule has 2 fully saturated rings. The van der Waals surface area contributed by atoms with Gasteiger partial charge in [0.05, 0.1) is 0 Å². The SMILES string of the molecule is CCN(CC)c1ccc([C@H](C2CCC2)N2CCNCC2)c(O)c1.Cl.Cl. The third-order valence-corrected chi connectivity index (χ3v) is 5.60. The fraction of sp³-hybridized carbons (Fsp3) is 0.684. The molecule has 3 rings (SSSR count). The van der Waals surface area contributed by atoms with Crippen molar-refractivity contribution < 1.29 is 5.11 Å². The van der Waals surface area contributed by atoms with Crippen LogP contribution in [0.4, 0.5) is 5.69 Å². The van der Waals surface area contributed by atoms with Crippen LogP contribution in [0.2, 0.25) is 0 Å². The van der Waals surface area contributed by atoms with E-state index in [9.17, 15) is 5.11 Å². The summed E-state index contributed by atoms with van der Waals surface area (Å²) in [6.45, 7) is 10.5. The highest BCUT2D eigenvalue weighted by Gasteiger charge is 2.35. The quantitative estimate of drug-likeness (QED) is 0.775. The van der Waals surface area contributed by atoms with Gasteiger partial charge in [-0.2, -0.15) is 0 Å². The van der Waals surface area contributed by atoms with Gasteiger partial charge in [-0.3, -0.25) is 4.90 Å². The van der Waals surface area contributed by atoms with Gasteiger partial charge in [-0.05, 0) is 38.7 Å². The molecule has 0 bridgehead atoms. The number of hydrogen-bond donors (Lipinski definition) is 2. The van der Waals surface area contributed by atoms with Gasteiger partial charge >= 0.3 is 0 Å². The molecule has 1 aromatic rings. The molecule has 1 saturated carbocycles. The lowest BCUT2D eigenvalue weighted by atomic mass is 9.76. The van der Waals surface area contributed by atoms with E-state index in [0.29, 0.717) is 17.7 Å². The van der Waals surface area contributed by atoms with E-state index < -0.39 is 0 Å². The van der Waals surface area contributed by atoms with E-state index in [1.54, 1.807) is 0 Å². The number of aromatic hydroxyl groups is 1. The first-order chi connectivity index (χ1) is 11.2. The molecule has 144 valence electrons. The smallest absolute Gasteiger partial charge is 0.122 e. The zero-order chi connectivity index (χ0) is 16.2. The van der Waals surface area contributed by atoms with Crippen LogP contribution in [-0.2, 0) is 0 Å². The molecule has 0 unspecified atom stereocenters. The normalized spacial score (nSPS) is 19.3. The lowest BCUT2D eigenvalue weighted by Crippen LogP contribution is -2.47. The average Bonchev–Trinajstić information content (AvgIpc) is 2.53. The fourth-order valence-electron chi connectivity index (χ4n) is 4.03. The Hall–Kier alpha value is -0.680. The topological polar surface area (TPSA) is 38.7 Å². The number of rotatable bonds is 6. The molecule has 0 spiro atoms. The second kappa shape index (κ2) is 10.5. The second-order valence-electron chi connectivity index (χ2n) is 6.84. The molecule has 25 heavy (non-hydrogen) atoms. The van der Waals surface area contributed by atoms with Gasteiger partial charge in [0.15, 0.2) is 0 Å². The van der Waals surface area contributed by atoms with Crippen LogP contribution in [0.3, 0.4) is 0 Å². The van der Waals surface area contributed by atoms with E-state index >= 15 is 0 Å². The molecule has 1 aromatic carbocycles. The molecule has 6 heteroatoms. The van der Waals surface area contributed by atoms with Crippen molar-refractivity contribution in [1.82, 2.24) is 10.2 Å². The monoisotopic (exact) mass is 389 g/mol. The number of hydrogen-bond acceptors (Lipinski definition) is 4. The minimum absolute atomic E-state index is 0. The fourth-order valence-corrected chi connectivity index (χ4v) is 4.03. The van der Waals surface area contributed by atoms with Crippen LogP contribution < -0.4 is 10.2 Å². The molecule has 4 nitrogen and oxygen atoms in total. The van der Waals surface area contributed by atoms with Gasteiger partial charge in [0, 0.05) is 62.6 Å². The van der Waals surface area contributed by atoms with Crippen LogP contribution >= 0.6 is 24.8 Å². The molecule has 0 radical (unpaired) electrons. The Kier molecular flexibility index (Phi) is 9.36. The number of anilines is 1. The Labute approximate surface area is 164 Å². The van der Waals surface area contributed by atoms with E-state index in [-0.39, 0.29) is 24.8 Å². The Morgan fingerprint density at radius 1 is 1.16 bits per heavy atom. The number of benzene rings is 1. The van der Waals surface area contributed by atoms with Crippen molar-refractivity contribution in [3.05, 3.63) is 23.8 Å². The summed E-state index contributed by atoms with van der Waals surface area (Å²) in [5, 5.41) is 14.2. The van der Waals surface area contributed by atoms with Crippen LogP contribution in [-0.4, -0.2) is 49.3 Å². The third kappa shape index (κ3) is 4.94. The summed E-state index contributed by atoms with van der Waals surface area (Å²) in [5.74, 6) is 1.18. The summed E-state index contributed by atoms with van der Waals surface area (Å²) in [6, 6.07) is 6.72. The Bertz CT molecular complexity index is 515. The molecule has 2 N–H and O–H groups in total. The van der Waals surface area contributed by atoms with E-state index in [0.717, 1.165) is 50.5 Å². The summed E-state index contributed by atoms with van der Waals surface area (Å²) < 4.78 is 0. The lowest BCUT2D eigenvalue weighted by molar-refractivity contribution is 0.0819. The van der Waals surface area contributed by atoms with E-state index in [1.807, 2.05) is 6.07 Å². The molecule has 0 amide bonds. The first-order valence-corrected chi connectivity index (χ1v) is 9.27. The van der Waals surface area contributed by atoms with E-state index in [4.69, 9.17) is 0 Å². The number of phenols is 1. The van der Waals surface area contributed by atoms with Crippen molar-refractivity contribution in [1.29, 1.82) is 0 Å². The van der Waals surface area contributed by atoms with Crippen molar-refractivity contribution in [2.45, 2.75) is 39.2 Å². The highest BCUT2D eigenvalue weighted by Crippen LogP contribution is 2.44. The highest BCUT2D eigenvalue weighted by atomic mass is 35.5. The number of halogens is 2. The molecular formula is C19H33Cl2N3O. The van der Waals surface area contributed by atoms with Gasteiger partial charge in [-0.25, -0.2) is 0 Å². The Balaban J connectivity index is 0.00000156. The average molecular weight is 390 g/mol. The molecule has 0 aromatic heterocycles. The van der Waals surface area contributed by atoms with Crippen molar-refractivity contribution in [2.24, 2.45) is 5.92 Å². The summed E-state index contributed by atoms with van der Waals surface area (Å²) >= 11 is 0. The molecule has 1 saturated heterocycles. The maximum absolute atomic E-state index is 10.7. The first-order valence-electron chi connectivity index (χ1n) is 9.27. The number of piperazine rings is 1. The Morgan fingerprint density at radius 3 is 2.28 bits per heavy atom. The zero-order valence-electron chi connectivity index (χ0n) is 15.4. The van der Waals surface area contributed by atoms with Gasteiger partial charge in [-0.1, -0.05) is 12.5 Å². The standard InChI is InChI=1S/C19H31N3O.2ClH/c1-3-21(4-2)16-8-9-17(18(23)14-16)19(15-6-5-7-15)22-12-10-20-11-13-22;;/h8-9,14-15,19-20,23H,3-7,10-13H2,1-2H3;2*1H/t19-;;/m0../s1. The van der Waals surface area contributed by atoms with Crippen LogP contribution in [0.5, 0.6) is 5.75 Å². The van der Waals surface area contributed by atoms with E-state index in [2.05, 4.69) is 41.1 Å². The lowest BCUT2D eigenvalue weighted by Gasteiger charge is -2.43. The largest absolute Gasteiger partial charge is 0.508 e. The maximum Gasteiger partial charge on any atom is 0.122 e. The molecule has 1 heterocycles. The number of nitrogens with one attached hydrogen (secondary N) is 1. The molecule has 1 aliphatic carbocycles. The second-order valence-corrected chi connectivity index (χ2v) is 6.84. The van der Waals surface area contributed by atoms with Crippen molar-refractivity contribution in [3.63, 3.8) is 0 Å². The first kappa shape index (κ1) is 22.4. The predicted octanol–water partition coefficient (Wildman–Crippen LogP) is 3.83. The zero-order valence-corrected chi connectivity index (χ0v) is 17.0. The summed E-state index contributed by atoms with van der Waals surface area (Å²) in [7, 11) is 0. The summed E-state index contributed by atoms with van der Waals surface area (Å²) in [6.07, 6.45) is 3.93. The molecule has 1 atom stereocenters. The minimum Gasteiger partial charge on any atom is -0.508 e. The van der Waals surface area contributed by atoms with Gasteiger partial charge in [-0.15, -0.1) is 24.8 Å². The third-order valence-electron chi connectivity index (χ3n) is 5.60. The van der Waals surface area contributed by atoms with Gasteiger partial charge in [0.1, 0.15) is 5.75 Å². The number of nitrogens with zero attached hydrogens (tertiary/aromatic N) is 2. The van der Waals surface area contributed by atoms with Crippen molar-refractivity contribution >= 4 is 30.5 Å². The van der Waals surface area contributed by atoms with Crippen LogP contribution in [0.15, 0.2) is 18.2 Å². The van der Waals surface area contributed by atoms with Crippen molar-refractivity contribution in [3.8, 4) is 5.75 Å². The van der Waals surface area contributed by atoms with Gasteiger partial charge in [0.25, 0.3) is 0 Å². The minimum atomic E-state index is 0.